The summed E-state index contributed by atoms with van der Waals surface area (Å²) in [7, 11) is 0. The van der Waals surface area contributed by atoms with Crippen LogP contribution in [-0.2, 0) is 13.0 Å². The molecule has 3 heteroatoms. The predicted molar refractivity (Wildman–Crippen MR) is 76.2 cm³/mol. The molecule has 0 amide bonds. The quantitative estimate of drug-likeness (QED) is 0.816. The number of fused-ring (bicyclic) bond motifs is 1. The molecular formula is C15H13Cl2N. The van der Waals surface area contributed by atoms with Gasteiger partial charge >= 0.3 is 0 Å². The van der Waals surface area contributed by atoms with Crippen LogP contribution in [0.2, 0.25) is 10.0 Å². The lowest BCUT2D eigenvalue weighted by Gasteiger charge is -2.27. The molecule has 1 aliphatic rings. The van der Waals surface area contributed by atoms with E-state index in [9.17, 15) is 0 Å². The van der Waals surface area contributed by atoms with E-state index in [1.165, 1.54) is 16.7 Å². The SMILES string of the molecule is Clc1cc(Cl)c2c(c1)CC(c1ccccc1)NC2. The zero-order valence-electron chi connectivity index (χ0n) is 9.79. The summed E-state index contributed by atoms with van der Waals surface area (Å²) in [5.74, 6) is 0. The van der Waals surface area contributed by atoms with Gasteiger partial charge in [-0.15, -0.1) is 0 Å². The molecular weight excluding hydrogens is 265 g/mol. The van der Waals surface area contributed by atoms with E-state index in [1.54, 1.807) is 0 Å². The van der Waals surface area contributed by atoms with E-state index in [1.807, 2.05) is 18.2 Å². The fraction of sp³-hybridized carbons (Fsp3) is 0.200. The molecule has 1 unspecified atom stereocenters. The first-order valence-corrected chi connectivity index (χ1v) is 6.75. The van der Waals surface area contributed by atoms with Crippen molar-refractivity contribution >= 4 is 23.2 Å². The highest BCUT2D eigenvalue weighted by Gasteiger charge is 2.21. The summed E-state index contributed by atoms with van der Waals surface area (Å²) in [4.78, 5) is 0. The summed E-state index contributed by atoms with van der Waals surface area (Å²) >= 11 is 12.3. The van der Waals surface area contributed by atoms with Crippen molar-refractivity contribution in [3.05, 3.63) is 69.2 Å². The zero-order valence-corrected chi connectivity index (χ0v) is 11.3. The average molecular weight is 278 g/mol. The minimum atomic E-state index is 0.341. The molecule has 2 aromatic rings. The molecule has 1 atom stereocenters. The number of nitrogens with one attached hydrogen (secondary N) is 1. The molecule has 1 aliphatic heterocycles. The van der Waals surface area contributed by atoms with Gasteiger partial charge in [0, 0.05) is 22.6 Å². The first-order valence-electron chi connectivity index (χ1n) is 5.99. The van der Waals surface area contributed by atoms with Crippen molar-refractivity contribution in [1.29, 1.82) is 0 Å². The molecule has 1 heterocycles. The lowest BCUT2D eigenvalue weighted by atomic mass is 9.92. The molecule has 92 valence electrons. The molecule has 1 N–H and O–H groups in total. The van der Waals surface area contributed by atoms with Crippen LogP contribution in [0.25, 0.3) is 0 Å². The fourth-order valence-corrected chi connectivity index (χ4v) is 3.08. The van der Waals surface area contributed by atoms with Gasteiger partial charge in [-0.1, -0.05) is 53.5 Å². The van der Waals surface area contributed by atoms with E-state index in [0.29, 0.717) is 11.1 Å². The topological polar surface area (TPSA) is 12.0 Å². The first kappa shape index (κ1) is 12.0. The van der Waals surface area contributed by atoms with Gasteiger partial charge in [0.25, 0.3) is 0 Å². The van der Waals surface area contributed by atoms with Gasteiger partial charge in [-0.05, 0) is 35.2 Å². The number of halogens is 2. The van der Waals surface area contributed by atoms with Crippen LogP contribution >= 0.6 is 23.2 Å². The lowest BCUT2D eigenvalue weighted by molar-refractivity contribution is 0.499. The fourth-order valence-electron chi connectivity index (χ4n) is 2.48. The maximum absolute atomic E-state index is 6.22. The highest BCUT2D eigenvalue weighted by molar-refractivity contribution is 6.35. The summed E-state index contributed by atoms with van der Waals surface area (Å²) in [5, 5.41) is 5.00. The third-order valence-corrected chi connectivity index (χ3v) is 3.96. The molecule has 0 fully saturated rings. The standard InChI is InChI=1S/C15H13Cl2N/c16-12-6-11-7-15(10-4-2-1-3-5-10)18-9-13(11)14(17)8-12/h1-6,8,15,18H,7,9H2. The summed E-state index contributed by atoms with van der Waals surface area (Å²) < 4.78 is 0. The van der Waals surface area contributed by atoms with Crippen LogP contribution in [0.3, 0.4) is 0 Å². The minimum absolute atomic E-state index is 0.341. The summed E-state index contributed by atoms with van der Waals surface area (Å²) in [6.07, 6.45) is 0.930. The Hall–Kier alpha value is -1.02. The second-order valence-electron chi connectivity index (χ2n) is 4.57. The van der Waals surface area contributed by atoms with Crippen LogP contribution in [-0.4, -0.2) is 0 Å². The van der Waals surface area contributed by atoms with Crippen molar-refractivity contribution in [2.45, 2.75) is 19.0 Å². The van der Waals surface area contributed by atoms with Crippen molar-refractivity contribution in [2.75, 3.05) is 0 Å². The first-order chi connectivity index (χ1) is 8.74. The Labute approximate surface area is 117 Å². The summed E-state index contributed by atoms with van der Waals surface area (Å²) in [6, 6.07) is 14.6. The van der Waals surface area contributed by atoms with Crippen molar-refractivity contribution in [3.8, 4) is 0 Å². The number of benzene rings is 2. The number of hydrogen-bond donors (Lipinski definition) is 1. The predicted octanol–water partition coefficient (Wildman–Crippen LogP) is 4.38. The molecule has 2 aromatic carbocycles. The molecule has 18 heavy (non-hydrogen) atoms. The molecule has 0 saturated carbocycles. The Balaban J connectivity index is 1.94. The second kappa shape index (κ2) is 4.93. The third-order valence-electron chi connectivity index (χ3n) is 3.40. The highest BCUT2D eigenvalue weighted by atomic mass is 35.5. The van der Waals surface area contributed by atoms with Gasteiger partial charge in [-0.3, -0.25) is 0 Å². The molecule has 1 nitrogen and oxygen atoms in total. The van der Waals surface area contributed by atoms with Crippen molar-refractivity contribution in [3.63, 3.8) is 0 Å². The Morgan fingerprint density at radius 2 is 1.83 bits per heavy atom. The molecule has 3 rings (SSSR count). The third kappa shape index (κ3) is 2.26. The van der Waals surface area contributed by atoms with Crippen molar-refractivity contribution < 1.29 is 0 Å². The van der Waals surface area contributed by atoms with Gasteiger partial charge in [0.15, 0.2) is 0 Å². The van der Waals surface area contributed by atoms with E-state index < -0.39 is 0 Å². The van der Waals surface area contributed by atoms with E-state index in [0.717, 1.165) is 18.0 Å². The molecule has 0 spiro atoms. The van der Waals surface area contributed by atoms with Gasteiger partial charge in [0.05, 0.1) is 0 Å². The van der Waals surface area contributed by atoms with Crippen LogP contribution in [0.4, 0.5) is 0 Å². The molecule has 0 aliphatic carbocycles. The Kier molecular flexibility index (Phi) is 3.29. The van der Waals surface area contributed by atoms with Gasteiger partial charge in [0.1, 0.15) is 0 Å². The van der Waals surface area contributed by atoms with E-state index in [-0.39, 0.29) is 0 Å². The molecule has 0 saturated heterocycles. The number of rotatable bonds is 1. The smallest absolute Gasteiger partial charge is 0.0468 e. The van der Waals surface area contributed by atoms with Gasteiger partial charge in [0.2, 0.25) is 0 Å². The molecule has 0 aromatic heterocycles. The minimum Gasteiger partial charge on any atom is -0.305 e. The average Bonchev–Trinajstić information content (AvgIpc) is 2.39. The normalized spacial score (nSPS) is 18.4. The van der Waals surface area contributed by atoms with E-state index in [2.05, 4.69) is 29.6 Å². The summed E-state index contributed by atoms with van der Waals surface area (Å²) in [6.45, 7) is 0.797. The van der Waals surface area contributed by atoms with Gasteiger partial charge < -0.3 is 5.32 Å². The molecule has 0 radical (unpaired) electrons. The van der Waals surface area contributed by atoms with E-state index in [4.69, 9.17) is 23.2 Å². The second-order valence-corrected chi connectivity index (χ2v) is 5.42. The van der Waals surface area contributed by atoms with Crippen LogP contribution in [0.15, 0.2) is 42.5 Å². The van der Waals surface area contributed by atoms with Crippen molar-refractivity contribution in [1.82, 2.24) is 5.32 Å². The van der Waals surface area contributed by atoms with Crippen molar-refractivity contribution in [2.24, 2.45) is 0 Å². The Morgan fingerprint density at radius 3 is 2.61 bits per heavy atom. The Morgan fingerprint density at radius 1 is 1.06 bits per heavy atom. The highest BCUT2D eigenvalue weighted by Crippen LogP contribution is 2.32. The summed E-state index contributed by atoms with van der Waals surface area (Å²) in [5.41, 5.74) is 3.73. The largest absolute Gasteiger partial charge is 0.305 e. The maximum Gasteiger partial charge on any atom is 0.0468 e. The zero-order chi connectivity index (χ0) is 12.5. The lowest BCUT2D eigenvalue weighted by Crippen LogP contribution is -2.28. The van der Waals surface area contributed by atoms with Crippen LogP contribution in [0.1, 0.15) is 22.7 Å². The van der Waals surface area contributed by atoms with Crippen LogP contribution in [0, 0.1) is 0 Å². The van der Waals surface area contributed by atoms with Gasteiger partial charge in [-0.2, -0.15) is 0 Å². The molecule has 0 bridgehead atoms. The van der Waals surface area contributed by atoms with Crippen LogP contribution < -0.4 is 5.32 Å². The Bertz CT molecular complexity index is 566. The monoisotopic (exact) mass is 277 g/mol. The van der Waals surface area contributed by atoms with E-state index >= 15 is 0 Å². The number of hydrogen-bond acceptors (Lipinski definition) is 1. The van der Waals surface area contributed by atoms with Crippen LogP contribution in [0.5, 0.6) is 0 Å². The maximum atomic E-state index is 6.22. The van der Waals surface area contributed by atoms with Gasteiger partial charge in [-0.25, -0.2) is 0 Å².